The van der Waals surface area contributed by atoms with Gasteiger partial charge >= 0.3 is 17.9 Å². The van der Waals surface area contributed by atoms with Gasteiger partial charge in [0.25, 0.3) is 0 Å². The second kappa shape index (κ2) is 6.39. The Balaban J connectivity index is 3.67. The van der Waals surface area contributed by atoms with Gasteiger partial charge in [0.05, 0.1) is 0 Å². The van der Waals surface area contributed by atoms with E-state index < -0.39 is 47.1 Å². The molecule has 0 saturated heterocycles. The number of carboxylic acids is 1. The first-order chi connectivity index (χ1) is 10.5. The van der Waals surface area contributed by atoms with Crippen LogP contribution in [-0.4, -0.2) is 23.0 Å². The van der Waals surface area contributed by atoms with E-state index in [4.69, 9.17) is 5.11 Å². The summed E-state index contributed by atoms with van der Waals surface area (Å²) in [5, 5.41) is 8.81. The molecule has 0 aliphatic rings. The molecule has 8 heteroatoms. The van der Waals surface area contributed by atoms with Crippen LogP contribution in [0.3, 0.4) is 0 Å². The summed E-state index contributed by atoms with van der Waals surface area (Å²) in [5.41, 5.74) is -4.37. The smallest absolute Gasteiger partial charge is 0.385 e. The maximum absolute atomic E-state index is 14.3. The van der Waals surface area contributed by atoms with E-state index in [1.807, 2.05) is 0 Å². The molecule has 0 bridgehead atoms. The number of carboxylic acid groups (broad SMARTS) is 1. The molecule has 0 saturated carbocycles. The highest BCUT2D eigenvalue weighted by atomic mass is 19.3. The standard InChI is InChI=1S/C15H14F4O4/c1-4-14(15(18,19)13(21)22,23-12(20)8(2)3)10-6-5-9(16)7-11(10)17/h5-7H,2,4H2,1,3H3,(H,21,22). The fourth-order valence-electron chi connectivity index (χ4n) is 2.01. The van der Waals surface area contributed by atoms with Gasteiger partial charge in [-0.3, -0.25) is 0 Å². The van der Waals surface area contributed by atoms with Crippen LogP contribution in [0.1, 0.15) is 25.8 Å². The van der Waals surface area contributed by atoms with Crippen LogP contribution in [0.2, 0.25) is 0 Å². The van der Waals surface area contributed by atoms with Crippen molar-refractivity contribution in [1.82, 2.24) is 0 Å². The van der Waals surface area contributed by atoms with Crippen molar-refractivity contribution in [3.8, 4) is 0 Å². The average Bonchev–Trinajstić information content (AvgIpc) is 2.44. The van der Waals surface area contributed by atoms with Crippen LogP contribution in [-0.2, 0) is 19.9 Å². The number of aliphatic carboxylic acids is 1. The lowest BCUT2D eigenvalue weighted by molar-refractivity contribution is -0.226. The van der Waals surface area contributed by atoms with Crippen LogP contribution >= 0.6 is 0 Å². The molecule has 1 atom stereocenters. The maximum Gasteiger partial charge on any atom is 0.385 e. The lowest BCUT2D eigenvalue weighted by Crippen LogP contribution is -2.53. The van der Waals surface area contributed by atoms with Crippen LogP contribution in [0.25, 0.3) is 0 Å². The van der Waals surface area contributed by atoms with Crippen LogP contribution in [0.5, 0.6) is 0 Å². The fraction of sp³-hybridized carbons (Fsp3) is 0.333. The van der Waals surface area contributed by atoms with Gasteiger partial charge in [-0.1, -0.05) is 13.5 Å². The molecule has 0 aliphatic heterocycles. The van der Waals surface area contributed by atoms with Gasteiger partial charge in [-0.05, 0) is 25.5 Å². The van der Waals surface area contributed by atoms with Crippen molar-refractivity contribution in [2.24, 2.45) is 0 Å². The molecule has 0 aliphatic carbocycles. The summed E-state index contributed by atoms with van der Waals surface area (Å²) in [5.74, 6) is -11.1. The molecule has 1 aromatic carbocycles. The normalized spacial score (nSPS) is 14.0. The molecule has 126 valence electrons. The molecule has 1 rings (SSSR count). The van der Waals surface area contributed by atoms with E-state index in [-0.39, 0.29) is 5.57 Å². The lowest BCUT2D eigenvalue weighted by Gasteiger charge is -2.37. The third-order valence-electron chi connectivity index (χ3n) is 3.26. The summed E-state index contributed by atoms with van der Waals surface area (Å²) in [6, 6.07) is 1.58. The van der Waals surface area contributed by atoms with Gasteiger partial charge in [-0.25, -0.2) is 18.4 Å². The van der Waals surface area contributed by atoms with Gasteiger partial charge < -0.3 is 9.84 Å². The van der Waals surface area contributed by atoms with Gasteiger partial charge in [0.2, 0.25) is 5.60 Å². The Bertz CT molecular complexity index is 657. The van der Waals surface area contributed by atoms with Crippen LogP contribution in [0, 0.1) is 11.6 Å². The molecule has 0 radical (unpaired) electrons. The Morgan fingerprint density at radius 1 is 1.30 bits per heavy atom. The number of rotatable bonds is 6. The third kappa shape index (κ3) is 3.20. The van der Waals surface area contributed by atoms with Gasteiger partial charge in [-0.2, -0.15) is 8.78 Å². The second-order valence-electron chi connectivity index (χ2n) is 4.85. The van der Waals surface area contributed by atoms with Crippen molar-refractivity contribution < 1.29 is 37.0 Å². The predicted molar refractivity (Wildman–Crippen MR) is 71.8 cm³/mol. The number of benzene rings is 1. The average molecular weight is 334 g/mol. The highest BCUT2D eigenvalue weighted by molar-refractivity contribution is 5.88. The minimum Gasteiger partial charge on any atom is -0.477 e. The van der Waals surface area contributed by atoms with E-state index in [0.29, 0.717) is 18.2 Å². The minimum atomic E-state index is -4.66. The zero-order valence-corrected chi connectivity index (χ0v) is 12.3. The molecule has 1 aromatic rings. The van der Waals surface area contributed by atoms with E-state index >= 15 is 0 Å². The summed E-state index contributed by atoms with van der Waals surface area (Å²) in [7, 11) is 0. The Labute approximate surface area is 129 Å². The van der Waals surface area contributed by atoms with E-state index in [0.717, 1.165) is 13.8 Å². The van der Waals surface area contributed by atoms with Gasteiger partial charge in [-0.15, -0.1) is 0 Å². The van der Waals surface area contributed by atoms with E-state index in [2.05, 4.69) is 11.3 Å². The first-order valence-electron chi connectivity index (χ1n) is 6.45. The van der Waals surface area contributed by atoms with Crippen LogP contribution in [0.15, 0.2) is 30.4 Å². The molecule has 23 heavy (non-hydrogen) atoms. The molecule has 0 fully saturated rings. The Morgan fingerprint density at radius 2 is 1.87 bits per heavy atom. The molecule has 0 amide bonds. The maximum atomic E-state index is 14.3. The summed E-state index contributed by atoms with van der Waals surface area (Å²) in [6.45, 7) is 5.45. The second-order valence-corrected chi connectivity index (χ2v) is 4.85. The SMILES string of the molecule is C=C(C)C(=O)OC(CC)(c1ccc(F)cc1F)C(F)(F)C(=O)O. The number of carbonyl (C=O) groups excluding carboxylic acids is 1. The zero-order chi connectivity index (χ0) is 18.0. The number of ether oxygens (including phenoxy) is 1. The van der Waals surface area contributed by atoms with E-state index in [9.17, 15) is 27.2 Å². The molecule has 0 aromatic heterocycles. The number of halogens is 4. The molecule has 1 unspecified atom stereocenters. The van der Waals surface area contributed by atoms with Crippen molar-refractivity contribution in [3.63, 3.8) is 0 Å². The molecular formula is C15H14F4O4. The largest absolute Gasteiger partial charge is 0.477 e. The van der Waals surface area contributed by atoms with Gasteiger partial charge in [0.15, 0.2) is 0 Å². The molecule has 0 spiro atoms. The summed E-state index contributed by atoms with van der Waals surface area (Å²) < 4.78 is 60.2. The van der Waals surface area contributed by atoms with Crippen molar-refractivity contribution in [2.75, 3.05) is 0 Å². The lowest BCUT2D eigenvalue weighted by atomic mass is 9.83. The summed E-state index contributed by atoms with van der Waals surface area (Å²) >= 11 is 0. The first kappa shape index (κ1) is 18.7. The minimum absolute atomic E-state index is 0.286. The van der Waals surface area contributed by atoms with Crippen molar-refractivity contribution in [2.45, 2.75) is 31.8 Å². The number of esters is 1. The Kier molecular flexibility index (Phi) is 5.19. The van der Waals surface area contributed by atoms with Crippen LogP contribution in [0.4, 0.5) is 17.6 Å². The highest BCUT2D eigenvalue weighted by Crippen LogP contribution is 2.45. The number of hydrogen-bond donors (Lipinski definition) is 1. The monoisotopic (exact) mass is 334 g/mol. The van der Waals surface area contributed by atoms with E-state index in [1.165, 1.54) is 0 Å². The molecule has 0 heterocycles. The highest BCUT2D eigenvalue weighted by Gasteiger charge is 2.63. The van der Waals surface area contributed by atoms with Gasteiger partial charge in [0, 0.05) is 17.2 Å². The number of alkyl halides is 2. The summed E-state index contributed by atoms with van der Waals surface area (Å²) in [4.78, 5) is 22.7. The predicted octanol–water partition coefficient (Wildman–Crippen LogP) is 3.41. The number of carbonyl (C=O) groups is 2. The topological polar surface area (TPSA) is 63.6 Å². The first-order valence-corrected chi connectivity index (χ1v) is 6.45. The summed E-state index contributed by atoms with van der Waals surface area (Å²) in [6.07, 6.45) is -0.770. The molecular weight excluding hydrogens is 320 g/mol. The van der Waals surface area contributed by atoms with Crippen molar-refractivity contribution in [3.05, 3.63) is 47.5 Å². The zero-order valence-electron chi connectivity index (χ0n) is 12.3. The van der Waals surface area contributed by atoms with Crippen molar-refractivity contribution >= 4 is 11.9 Å². The Morgan fingerprint density at radius 3 is 2.26 bits per heavy atom. The van der Waals surface area contributed by atoms with Gasteiger partial charge in [0.1, 0.15) is 11.6 Å². The van der Waals surface area contributed by atoms with Crippen LogP contribution < -0.4 is 0 Å². The molecule has 1 N–H and O–H groups in total. The molecule has 4 nitrogen and oxygen atoms in total. The number of hydrogen-bond acceptors (Lipinski definition) is 3. The third-order valence-corrected chi connectivity index (χ3v) is 3.26. The van der Waals surface area contributed by atoms with Crippen molar-refractivity contribution in [1.29, 1.82) is 0 Å². The fourth-order valence-corrected chi connectivity index (χ4v) is 2.01. The van der Waals surface area contributed by atoms with E-state index in [1.54, 1.807) is 0 Å². The quantitative estimate of drug-likeness (QED) is 0.492. The Hall–Kier alpha value is -2.38.